The summed E-state index contributed by atoms with van der Waals surface area (Å²) in [6, 6.07) is 15.6. The first kappa shape index (κ1) is 21.4. The number of aromatic amines is 1. The molecule has 3 N–H and O–H groups in total. The van der Waals surface area contributed by atoms with Gasteiger partial charge in [-0.25, -0.2) is 9.59 Å². The van der Waals surface area contributed by atoms with Gasteiger partial charge >= 0.3 is 12.1 Å². The fraction of sp³-hybridized carbons (Fsp3) is 0.240. The number of ether oxygens (including phenoxy) is 1. The van der Waals surface area contributed by atoms with E-state index in [0.717, 1.165) is 16.3 Å². The summed E-state index contributed by atoms with van der Waals surface area (Å²) in [6.07, 6.45) is -0.791. The minimum atomic E-state index is -1.19. The predicted octanol–water partition coefficient (Wildman–Crippen LogP) is 4.35. The Morgan fingerprint density at radius 1 is 1.00 bits per heavy atom. The summed E-state index contributed by atoms with van der Waals surface area (Å²) in [4.78, 5) is 40.2. The van der Waals surface area contributed by atoms with Gasteiger partial charge in [0.05, 0.1) is 5.52 Å². The summed E-state index contributed by atoms with van der Waals surface area (Å²) >= 11 is 0. The topological polar surface area (TPSA) is 108 Å². The Balaban J connectivity index is 1.70. The summed E-state index contributed by atoms with van der Waals surface area (Å²) in [5.74, 6) is -1.19. The van der Waals surface area contributed by atoms with Crippen molar-refractivity contribution in [2.45, 2.75) is 38.8 Å². The van der Waals surface area contributed by atoms with Crippen LogP contribution in [0.1, 0.15) is 26.3 Å². The molecular formula is C25H24N2O5. The second-order valence-corrected chi connectivity index (χ2v) is 8.82. The molecule has 1 heterocycles. The van der Waals surface area contributed by atoms with Crippen LogP contribution in [-0.4, -0.2) is 33.8 Å². The van der Waals surface area contributed by atoms with Crippen molar-refractivity contribution < 1.29 is 19.4 Å². The molecule has 0 saturated heterocycles. The SMILES string of the molecule is CC(C)(C)OC(=O)NC(Cc1ccc2[nH]c3cc4ccccc4cc3c(=O)c2c1)C(=O)O. The van der Waals surface area contributed by atoms with Crippen molar-refractivity contribution in [1.29, 1.82) is 0 Å². The van der Waals surface area contributed by atoms with Crippen molar-refractivity contribution in [2.75, 3.05) is 0 Å². The number of H-pyrrole nitrogens is 1. The lowest BCUT2D eigenvalue weighted by molar-refractivity contribution is -0.139. The van der Waals surface area contributed by atoms with E-state index < -0.39 is 23.7 Å². The molecule has 1 amide bonds. The number of aromatic nitrogens is 1. The van der Waals surface area contributed by atoms with Crippen molar-refractivity contribution in [3.8, 4) is 0 Å². The summed E-state index contributed by atoms with van der Waals surface area (Å²) in [6.45, 7) is 5.10. The van der Waals surface area contributed by atoms with Crippen LogP contribution in [-0.2, 0) is 16.0 Å². The lowest BCUT2D eigenvalue weighted by Gasteiger charge is -2.22. The molecule has 1 aromatic heterocycles. The molecule has 1 unspecified atom stereocenters. The highest BCUT2D eigenvalue weighted by Gasteiger charge is 2.24. The first-order chi connectivity index (χ1) is 15.1. The number of hydrogen-bond acceptors (Lipinski definition) is 4. The van der Waals surface area contributed by atoms with Crippen LogP contribution >= 0.6 is 0 Å². The van der Waals surface area contributed by atoms with Gasteiger partial charge in [0.2, 0.25) is 0 Å². The molecule has 0 aliphatic heterocycles. The van der Waals surface area contributed by atoms with Crippen LogP contribution in [0, 0.1) is 0 Å². The number of carboxylic acids is 1. The summed E-state index contributed by atoms with van der Waals surface area (Å²) < 4.78 is 5.16. The number of amides is 1. The van der Waals surface area contributed by atoms with Crippen molar-refractivity contribution in [2.24, 2.45) is 0 Å². The van der Waals surface area contributed by atoms with Gasteiger partial charge in [0.25, 0.3) is 0 Å². The molecule has 0 radical (unpaired) electrons. The lowest BCUT2D eigenvalue weighted by atomic mass is 10.0. The molecule has 0 spiro atoms. The summed E-state index contributed by atoms with van der Waals surface area (Å²) in [7, 11) is 0. The molecule has 0 saturated carbocycles. The van der Waals surface area contributed by atoms with E-state index in [0.29, 0.717) is 21.9 Å². The molecule has 7 heteroatoms. The van der Waals surface area contributed by atoms with Crippen LogP contribution in [0.5, 0.6) is 0 Å². The van der Waals surface area contributed by atoms with Gasteiger partial charge in [-0.15, -0.1) is 0 Å². The van der Waals surface area contributed by atoms with Gasteiger partial charge in [0.1, 0.15) is 11.6 Å². The first-order valence-electron chi connectivity index (χ1n) is 10.3. The van der Waals surface area contributed by atoms with Gasteiger partial charge in [0, 0.05) is 22.7 Å². The number of carbonyl (C=O) groups is 2. The number of carboxylic acid groups (broad SMARTS) is 1. The van der Waals surface area contributed by atoms with Crippen molar-refractivity contribution in [3.63, 3.8) is 0 Å². The van der Waals surface area contributed by atoms with Gasteiger partial charge < -0.3 is 20.1 Å². The normalized spacial score (nSPS) is 12.7. The second kappa shape index (κ2) is 8.00. The zero-order chi connectivity index (χ0) is 23.0. The molecule has 0 aliphatic carbocycles. The Morgan fingerprint density at radius 2 is 1.66 bits per heavy atom. The molecule has 3 aromatic carbocycles. The van der Waals surface area contributed by atoms with Crippen LogP contribution in [0.2, 0.25) is 0 Å². The van der Waals surface area contributed by atoms with E-state index in [1.807, 2.05) is 36.4 Å². The third kappa shape index (κ3) is 4.42. The Morgan fingerprint density at radius 3 is 2.31 bits per heavy atom. The number of rotatable bonds is 4. The van der Waals surface area contributed by atoms with Crippen LogP contribution < -0.4 is 10.7 Å². The number of alkyl carbamates (subject to hydrolysis) is 1. The average molecular weight is 432 g/mol. The highest BCUT2D eigenvalue weighted by atomic mass is 16.6. The fourth-order valence-corrected chi connectivity index (χ4v) is 3.72. The smallest absolute Gasteiger partial charge is 0.408 e. The van der Waals surface area contributed by atoms with E-state index in [2.05, 4.69) is 10.3 Å². The summed E-state index contributed by atoms with van der Waals surface area (Å²) in [5.41, 5.74) is 1.15. The average Bonchev–Trinajstić information content (AvgIpc) is 2.71. The lowest BCUT2D eigenvalue weighted by Crippen LogP contribution is -2.44. The highest BCUT2D eigenvalue weighted by molar-refractivity contribution is 6.01. The van der Waals surface area contributed by atoms with E-state index in [1.54, 1.807) is 39.0 Å². The number of fused-ring (bicyclic) bond motifs is 3. The Hall–Kier alpha value is -3.87. The molecule has 1 atom stereocenters. The maximum atomic E-state index is 13.2. The largest absolute Gasteiger partial charge is 0.480 e. The number of nitrogens with one attached hydrogen (secondary N) is 2. The third-order valence-electron chi connectivity index (χ3n) is 5.16. The Kier molecular flexibility index (Phi) is 5.34. The quantitative estimate of drug-likeness (QED) is 0.415. The number of benzene rings is 3. The van der Waals surface area contributed by atoms with Gasteiger partial charge in [0.15, 0.2) is 5.43 Å². The minimum absolute atomic E-state index is 0.0136. The van der Waals surface area contributed by atoms with Crippen LogP contribution in [0.4, 0.5) is 4.79 Å². The molecule has 0 fully saturated rings. The van der Waals surface area contributed by atoms with E-state index in [1.165, 1.54) is 0 Å². The van der Waals surface area contributed by atoms with Gasteiger partial charge in [-0.3, -0.25) is 4.79 Å². The van der Waals surface area contributed by atoms with Gasteiger partial charge in [-0.2, -0.15) is 0 Å². The molecule has 0 bridgehead atoms. The van der Waals surface area contributed by atoms with Crippen molar-refractivity contribution in [1.82, 2.24) is 10.3 Å². The minimum Gasteiger partial charge on any atom is -0.480 e. The predicted molar refractivity (Wildman–Crippen MR) is 124 cm³/mol. The van der Waals surface area contributed by atoms with E-state index in [9.17, 15) is 19.5 Å². The van der Waals surface area contributed by atoms with E-state index >= 15 is 0 Å². The molecule has 164 valence electrons. The molecular weight excluding hydrogens is 408 g/mol. The standard InChI is InChI=1S/C25H24N2O5/c1-25(2,3)32-24(31)27-21(23(29)30)11-14-8-9-19-17(10-14)22(28)18-12-15-6-4-5-7-16(15)13-20(18)26-19/h4-10,12-13,21H,11H2,1-3H3,(H,26,28)(H,27,31)(H,29,30). The maximum absolute atomic E-state index is 13.2. The van der Waals surface area contributed by atoms with Crippen molar-refractivity contribution >= 4 is 44.6 Å². The number of pyridine rings is 1. The summed E-state index contributed by atoms with van der Waals surface area (Å²) in [5, 5.41) is 15.0. The molecule has 4 aromatic rings. The maximum Gasteiger partial charge on any atom is 0.408 e. The van der Waals surface area contributed by atoms with Gasteiger partial charge in [-0.1, -0.05) is 30.3 Å². The number of carbonyl (C=O) groups excluding carboxylic acids is 1. The third-order valence-corrected chi connectivity index (χ3v) is 5.16. The highest BCUT2D eigenvalue weighted by Crippen LogP contribution is 2.22. The number of aliphatic carboxylic acids is 1. The molecule has 4 rings (SSSR count). The van der Waals surface area contributed by atoms with Crippen LogP contribution in [0.3, 0.4) is 0 Å². The fourth-order valence-electron chi connectivity index (χ4n) is 3.72. The zero-order valence-corrected chi connectivity index (χ0v) is 18.1. The van der Waals surface area contributed by atoms with Gasteiger partial charge in [-0.05, 0) is 61.4 Å². The Bertz CT molecular complexity index is 1420. The monoisotopic (exact) mass is 432 g/mol. The van der Waals surface area contributed by atoms with Crippen molar-refractivity contribution in [3.05, 3.63) is 70.4 Å². The zero-order valence-electron chi connectivity index (χ0n) is 18.1. The van der Waals surface area contributed by atoms with Crippen LogP contribution in [0.25, 0.3) is 32.6 Å². The molecule has 7 nitrogen and oxygen atoms in total. The van der Waals surface area contributed by atoms with Crippen LogP contribution in [0.15, 0.2) is 59.4 Å². The Labute approximate surface area is 184 Å². The molecule has 32 heavy (non-hydrogen) atoms. The molecule has 0 aliphatic rings. The first-order valence-corrected chi connectivity index (χ1v) is 10.3. The second-order valence-electron chi connectivity index (χ2n) is 8.82. The van der Waals surface area contributed by atoms with E-state index in [-0.39, 0.29) is 11.8 Å². The van der Waals surface area contributed by atoms with E-state index in [4.69, 9.17) is 4.74 Å². The number of hydrogen-bond donors (Lipinski definition) is 3.